The lowest BCUT2D eigenvalue weighted by Crippen LogP contribution is -2.07. The normalized spacial score (nSPS) is 16.0. The van der Waals surface area contributed by atoms with E-state index in [1.165, 1.54) is 6.08 Å². The first kappa shape index (κ1) is 12.2. The summed E-state index contributed by atoms with van der Waals surface area (Å²) in [6.45, 7) is 4.19. The maximum Gasteiger partial charge on any atom is 0.330 e. The van der Waals surface area contributed by atoms with Crippen molar-refractivity contribution < 1.29 is 9.53 Å². The van der Waals surface area contributed by atoms with Crippen molar-refractivity contribution in [2.24, 2.45) is 0 Å². The van der Waals surface area contributed by atoms with Crippen LogP contribution in [-0.2, 0) is 9.53 Å². The van der Waals surface area contributed by atoms with Crippen LogP contribution in [0, 0.1) is 0 Å². The van der Waals surface area contributed by atoms with Gasteiger partial charge in [-0.15, -0.1) is 0 Å². The summed E-state index contributed by atoms with van der Waals surface area (Å²) in [5, 5.41) is 0. The summed E-state index contributed by atoms with van der Waals surface area (Å²) in [4.78, 5) is 11.3. The SMILES string of the molecule is CCOC(=O)/C=C/C(Br)C(C)Br. The van der Waals surface area contributed by atoms with Crippen molar-refractivity contribution in [2.75, 3.05) is 6.61 Å². The predicted molar refractivity (Wildman–Crippen MR) is 56.9 cm³/mol. The van der Waals surface area contributed by atoms with Crippen LogP contribution in [-0.4, -0.2) is 22.2 Å². The lowest BCUT2D eigenvalue weighted by atomic mass is 10.3. The molecule has 0 heterocycles. The molecule has 0 saturated heterocycles. The monoisotopic (exact) mass is 298 g/mol. The highest BCUT2D eigenvalue weighted by molar-refractivity contribution is 9.12. The van der Waals surface area contributed by atoms with Gasteiger partial charge >= 0.3 is 5.97 Å². The average molecular weight is 300 g/mol. The van der Waals surface area contributed by atoms with Gasteiger partial charge in [-0.05, 0) is 6.92 Å². The molecule has 0 amide bonds. The predicted octanol–water partition coefficient (Wildman–Crippen LogP) is 2.65. The van der Waals surface area contributed by atoms with Crippen molar-refractivity contribution in [2.45, 2.75) is 23.5 Å². The number of carbonyl (C=O) groups is 1. The first-order chi connectivity index (χ1) is 5.57. The van der Waals surface area contributed by atoms with Crippen LogP contribution in [0.25, 0.3) is 0 Å². The minimum Gasteiger partial charge on any atom is -0.463 e. The molecule has 0 N–H and O–H groups in total. The molecule has 2 atom stereocenters. The number of esters is 1. The molecule has 0 aromatic heterocycles. The summed E-state index contributed by atoms with van der Waals surface area (Å²) in [5.41, 5.74) is 0. The van der Waals surface area contributed by atoms with E-state index in [4.69, 9.17) is 4.74 Å². The van der Waals surface area contributed by atoms with E-state index in [-0.39, 0.29) is 10.8 Å². The van der Waals surface area contributed by atoms with Crippen molar-refractivity contribution in [3.63, 3.8) is 0 Å². The maximum atomic E-state index is 10.8. The second kappa shape index (κ2) is 6.66. The fourth-order valence-electron chi connectivity index (χ4n) is 0.514. The second-order valence-electron chi connectivity index (χ2n) is 2.23. The van der Waals surface area contributed by atoms with E-state index in [0.29, 0.717) is 11.4 Å². The van der Waals surface area contributed by atoms with Gasteiger partial charge in [0.2, 0.25) is 0 Å². The lowest BCUT2D eigenvalue weighted by molar-refractivity contribution is -0.137. The zero-order valence-corrected chi connectivity index (χ0v) is 10.3. The molecule has 0 aromatic carbocycles. The van der Waals surface area contributed by atoms with Gasteiger partial charge in [-0.25, -0.2) is 4.79 Å². The quantitative estimate of drug-likeness (QED) is 0.453. The molecule has 70 valence electrons. The van der Waals surface area contributed by atoms with Crippen molar-refractivity contribution in [3.05, 3.63) is 12.2 Å². The Morgan fingerprint density at radius 2 is 2.17 bits per heavy atom. The topological polar surface area (TPSA) is 26.3 Å². The number of allylic oxidation sites excluding steroid dienone is 1. The number of halogens is 2. The fraction of sp³-hybridized carbons (Fsp3) is 0.625. The highest BCUT2D eigenvalue weighted by Crippen LogP contribution is 2.14. The molecule has 0 aliphatic carbocycles. The molecule has 0 aliphatic rings. The second-order valence-corrected chi connectivity index (χ2v) is 4.73. The Bertz CT molecular complexity index is 166. The third kappa shape index (κ3) is 5.77. The summed E-state index contributed by atoms with van der Waals surface area (Å²) >= 11 is 6.76. The molecule has 0 bridgehead atoms. The summed E-state index contributed by atoms with van der Waals surface area (Å²) in [7, 11) is 0. The first-order valence-electron chi connectivity index (χ1n) is 3.71. The Kier molecular flexibility index (Phi) is 6.76. The Morgan fingerprint density at radius 1 is 1.58 bits per heavy atom. The van der Waals surface area contributed by atoms with E-state index in [1.807, 2.05) is 6.92 Å². The van der Waals surface area contributed by atoms with Crippen LogP contribution in [0.5, 0.6) is 0 Å². The Labute approximate surface area is 89.6 Å². The smallest absolute Gasteiger partial charge is 0.330 e. The molecule has 0 saturated carbocycles. The average Bonchev–Trinajstić information content (AvgIpc) is 2.00. The van der Waals surface area contributed by atoms with Gasteiger partial charge in [0.25, 0.3) is 0 Å². The summed E-state index contributed by atoms with van der Waals surface area (Å²) in [6, 6.07) is 0. The van der Waals surface area contributed by atoms with Gasteiger partial charge in [-0.2, -0.15) is 0 Å². The number of alkyl halides is 2. The van der Waals surface area contributed by atoms with Gasteiger partial charge in [0.15, 0.2) is 0 Å². The maximum absolute atomic E-state index is 10.8. The van der Waals surface area contributed by atoms with E-state index in [0.717, 1.165) is 0 Å². The van der Waals surface area contributed by atoms with Crippen molar-refractivity contribution in [1.82, 2.24) is 0 Å². The number of rotatable bonds is 4. The standard InChI is InChI=1S/C8H12Br2O2/c1-3-12-8(11)5-4-7(10)6(2)9/h4-7H,3H2,1-2H3/b5-4+. The zero-order chi connectivity index (χ0) is 9.56. The van der Waals surface area contributed by atoms with Gasteiger partial charge in [-0.3, -0.25) is 0 Å². The first-order valence-corrected chi connectivity index (χ1v) is 5.54. The van der Waals surface area contributed by atoms with Gasteiger partial charge in [-0.1, -0.05) is 44.9 Å². The van der Waals surface area contributed by atoms with Gasteiger partial charge < -0.3 is 4.74 Å². The van der Waals surface area contributed by atoms with Crippen molar-refractivity contribution in [1.29, 1.82) is 0 Å². The van der Waals surface area contributed by atoms with E-state index < -0.39 is 0 Å². The van der Waals surface area contributed by atoms with Gasteiger partial charge in [0.1, 0.15) is 0 Å². The molecular weight excluding hydrogens is 288 g/mol. The molecule has 0 aliphatic heterocycles. The number of ether oxygens (including phenoxy) is 1. The van der Waals surface area contributed by atoms with E-state index >= 15 is 0 Å². The summed E-state index contributed by atoms with van der Waals surface area (Å²) in [6.07, 6.45) is 3.19. The van der Waals surface area contributed by atoms with Gasteiger partial charge in [0.05, 0.1) is 6.61 Å². The highest BCUT2D eigenvalue weighted by atomic mass is 79.9. The van der Waals surface area contributed by atoms with Crippen LogP contribution in [0.1, 0.15) is 13.8 Å². The zero-order valence-electron chi connectivity index (χ0n) is 7.09. The Morgan fingerprint density at radius 3 is 2.58 bits per heavy atom. The summed E-state index contributed by atoms with van der Waals surface area (Å²) in [5.74, 6) is -0.296. The van der Waals surface area contributed by atoms with Crippen LogP contribution in [0.15, 0.2) is 12.2 Å². The summed E-state index contributed by atoms with van der Waals surface area (Å²) < 4.78 is 4.71. The van der Waals surface area contributed by atoms with E-state index in [2.05, 4.69) is 31.9 Å². The van der Waals surface area contributed by atoms with Gasteiger partial charge in [0, 0.05) is 15.7 Å². The molecular formula is C8H12Br2O2. The molecule has 2 nitrogen and oxygen atoms in total. The van der Waals surface area contributed by atoms with E-state index in [1.54, 1.807) is 13.0 Å². The van der Waals surface area contributed by atoms with Crippen LogP contribution < -0.4 is 0 Å². The van der Waals surface area contributed by atoms with Crippen LogP contribution in [0.3, 0.4) is 0 Å². The Hall–Kier alpha value is 0.170. The number of hydrogen-bond acceptors (Lipinski definition) is 2. The third-order valence-corrected chi connectivity index (χ3v) is 3.52. The molecule has 0 rings (SSSR count). The molecule has 4 heteroatoms. The van der Waals surface area contributed by atoms with Crippen molar-refractivity contribution in [3.8, 4) is 0 Å². The fourth-order valence-corrected chi connectivity index (χ4v) is 0.843. The molecule has 2 unspecified atom stereocenters. The van der Waals surface area contributed by atoms with Crippen LogP contribution >= 0.6 is 31.9 Å². The van der Waals surface area contributed by atoms with E-state index in [9.17, 15) is 4.79 Å². The highest BCUT2D eigenvalue weighted by Gasteiger charge is 2.06. The van der Waals surface area contributed by atoms with Crippen LogP contribution in [0.2, 0.25) is 0 Å². The minimum absolute atomic E-state index is 0.155. The third-order valence-electron chi connectivity index (χ3n) is 1.14. The molecule has 0 fully saturated rings. The van der Waals surface area contributed by atoms with Crippen molar-refractivity contribution >= 4 is 37.8 Å². The molecule has 0 aromatic rings. The van der Waals surface area contributed by atoms with Crippen LogP contribution in [0.4, 0.5) is 0 Å². The molecule has 0 radical (unpaired) electrons. The lowest BCUT2D eigenvalue weighted by Gasteiger charge is -2.05. The Balaban J connectivity index is 3.81. The molecule has 12 heavy (non-hydrogen) atoms. The minimum atomic E-state index is -0.296. The number of carbonyl (C=O) groups excluding carboxylic acids is 1. The number of hydrogen-bond donors (Lipinski definition) is 0. The molecule has 0 spiro atoms. The largest absolute Gasteiger partial charge is 0.463 e.